The third kappa shape index (κ3) is 0.899. The van der Waals surface area contributed by atoms with Crippen LogP contribution < -0.4 is 5.73 Å². The number of nitrogens with two attached hydrogens (primary N) is 1. The largest absolute Gasteiger partial charge is 0.319 e. The van der Waals surface area contributed by atoms with E-state index in [-0.39, 0.29) is 6.04 Å². The Balaban J connectivity index is 2.50. The molecular weight excluding hydrogens is 92.1 g/mol. The van der Waals surface area contributed by atoms with Crippen LogP contribution in [0.5, 0.6) is 0 Å². The van der Waals surface area contributed by atoms with Gasteiger partial charge in [0.05, 0.1) is 6.04 Å². The van der Waals surface area contributed by atoms with E-state index in [2.05, 4.69) is 0 Å². The molecule has 0 aliphatic carbocycles. The van der Waals surface area contributed by atoms with Crippen molar-refractivity contribution in [2.75, 3.05) is 6.54 Å². The molecule has 3 N–H and O–H groups in total. The monoisotopic (exact) mass is 101 g/mol. The molecule has 1 aliphatic heterocycles. The van der Waals surface area contributed by atoms with E-state index in [4.69, 9.17) is 10.9 Å². The SMILES string of the molecule is NC1C=[N+](O)CC1. The number of hydrogen-bond acceptors (Lipinski definition) is 2. The van der Waals surface area contributed by atoms with Crippen LogP contribution in [0, 0.1) is 0 Å². The first-order chi connectivity index (χ1) is 3.29. The Morgan fingerprint density at radius 1 is 1.86 bits per heavy atom. The van der Waals surface area contributed by atoms with Crippen LogP contribution in [-0.4, -0.2) is 28.7 Å². The summed E-state index contributed by atoms with van der Waals surface area (Å²) in [4.78, 5) is 0. The summed E-state index contributed by atoms with van der Waals surface area (Å²) in [6, 6.07) is 0.0741. The zero-order chi connectivity index (χ0) is 5.28. The Kier molecular flexibility index (Phi) is 0.982. The van der Waals surface area contributed by atoms with Crippen molar-refractivity contribution < 1.29 is 9.95 Å². The molecule has 0 bridgehead atoms. The minimum absolute atomic E-state index is 0.0741. The van der Waals surface area contributed by atoms with Crippen LogP contribution in [0.15, 0.2) is 0 Å². The Morgan fingerprint density at radius 2 is 2.57 bits per heavy atom. The maximum Gasteiger partial charge on any atom is 0.209 e. The highest BCUT2D eigenvalue weighted by atomic mass is 16.5. The van der Waals surface area contributed by atoms with Crippen LogP contribution in [0.2, 0.25) is 0 Å². The highest BCUT2D eigenvalue weighted by Gasteiger charge is 2.16. The van der Waals surface area contributed by atoms with Crippen molar-refractivity contribution in [1.82, 2.24) is 0 Å². The summed E-state index contributed by atoms with van der Waals surface area (Å²) in [6.45, 7) is 0.682. The lowest BCUT2D eigenvalue weighted by Crippen LogP contribution is -2.17. The second-order valence-electron chi connectivity index (χ2n) is 1.76. The molecule has 1 rings (SSSR count). The van der Waals surface area contributed by atoms with Gasteiger partial charge in [-0.05, 0) is 4.74 Å². The highest BCUT2D eigenvalue weighted by Crippen LogP contribution is 1.91. The smallest absolute Gasteiger partial charge is 0.209 e. The molecule has 0 fully saturated rings. The average molecular weight is 101 g/mol. The van der Waals surface area contributed by atoms with Crippen LogP contribution >= 0.6 is 0 Å². The fourth-order valence-electron chi connectivity index (χ4n) is 0.651. The third-order valence-corrected chi connectivity index (χ3v) is 1.06. The van der Waals surface area contributed by atoms with E-state index in [1.807, 2.05) is 0 Å². The summed E-state index contributed by atoms with van der Waals surface area (Å²) in [5.41, 5.74) is 5.37. The normalized spacial score (nSPS) is 30.4. The molecule has 0 aromatic rings. The van der Waals surface area contributed by atoms with Crippen LogP contribution in [0.1, 0.15) is 6.42 Å². The summed E-state index contributed by atoms with van der Waals surface area (Å²) in [5.74, 6) is 0. The van der Waals surface area contributed by atoms with Gasteiger partial charge in [-0.1, -0.05) is 0 Å². The number of hydroxylamine groups is 1. The van der Waals surface area contributed by atoms with Crippen LogP contribution in [-0.2, 0) is 0 Å². The summed E-state index contributed by atoms with van der Waals surface area (Å²) >= 11 is 0. The molecule has 1 aliphatic rings. The van der Waals surface area contributed by atoms with Crippen molar-refractivity contribution in [1.29, 1.82) is 0 Å². The molecule has 3 heteroatoms. The molecule has 1 heterocycles. The van der Waals surface area contributed by atoms with Gasteiger partial charge in [-0.2, -0.15) is 0 Å². The van der Waals surface area contributed by atoms with E-state index in [0.717, 1.165) is 11.2 Å². The highest BCUT2D eigenvalue weighted by molar-refractivity contribution is 5.59. The van der Waals surface area contributed by atoms with Gasteiger partial charge in [0.15, 0.2) is 6.54 Å². The number of nitrogens with zero attached hydrogens (tertiary/aromatic N) is 1. The third-order valence-electron chi connectivity index (χ3n) is 1.06. The summed E-state index contributed by atoms with van der Waals surface area (Å²) in [5, 5.41) is 8.60. The minimum Gasteiger partial charge on any atom is -0.319 e. The lowest BCUT2D eigenvalue weighted by Gasteiger charge is -1.81. The molecule has 0 saturated heterocycles. The van der Waals surface area contributed by atoms with Gasteiger partial charge < -0.3 is 5.73 Å². The van der Waals surface area contributed by atoms with Gasteiger partial charge in [-0.3, -0.25) is 5.21 Å². The molecule has 1 unspecified atom stereocenters. The molecule has 0 spiro atoms. The maximum atomic E-state index is 8.60. The lowest BCUT2D eigenvalue weighted by molar-refractivity contribution is -0.766. The second kappa shape index (κ2) is 1.50. The van der Waals surface area contributed by atoms with E-state index in [1.54, 1.807) is 6.21 Å². The molecule has 40 valence electrons. The first-order valence-corrected chi connectivity index (χ1v) is 2.35. The number of hydrogen-bond donors (Lipinski definition) is 2. The molecule has 0 amide bonds. The first-order valence-electron chi connectivity index (χ1n) is 2.35. The van der Waals surface area contributed by atoms with E-state index in [0.29, 0.717) is 6.54 Å². The van der Waals surface area contributed by atoms with Crippen LogP contribution in [0.25, 0.3) is 0 Å². The zero-order valence-corrected chi connectivity index (χ0v) is 4.04. The fourth-order valence-corrected chi connectivity index (χ4v) is 0.651. The van der Waals surface area contributed by atoms with Gasteiger partial charge in [0, 0.05) is 6.42 Å². The predicted octanol–water partition coefficient (Wildman–Crippen LogP) is -0.810. The van der Waals surface area contributed by atoms with Gasteiger partial charge >= 0.3 is 0 Å². The summed E-state index contributed by atoms with van der Waals surface area (Å²) < 4.78 is 1.13. The van der Waals surface area contributed by atoms with Crippen molar-refractivity contribution in [2.24, 2.45) is 5.73 Å². The Bertz CT molecular complexity index is 99.9. The zero-order valence-electron chi connectivity index (χ0n) is 4.04. The van der Waals surface area contributed by atoms with E-state index in [9.17, 15) is 0 Å². The number of rotatable bonds is 0. The van der Waals surface area contributed by atoms with E-state index in [1.165, 1.54) is 0 Å². The Morgan fingerprint density at radius 3 is 2.71 bits per heavy atom. The van der Waals surface area contributed by atoms with Gasteiger partial charge in [0.1, 0.15) is 0 Å². The van der Waals surface area contributed by atoms with Gasteiger partial charge in [0.25, 0.3) is 0 Å². The quantitative estimate of drug-likeness (QED) is 0.309. The molecule has 3 nitrogen and oxygen atoms in total. The summed E-state index contributed by atoms with van der Waals surface area (Å²) in [7, 11) is 0. The Labute approximate surface area is 42.0 Å². The topological polar surface area (TPSA) is 49.3 Å². The first kappa shape index (κ1) is 4.59. The Hall–Kier alpha value is -0.570. The van der Waals surface area contributed by atoms with Crippen molar-refractivity contribution in [3.05, 3.63) is 0 Å². The van der Waals surface area contributed by atoms with Crippen molar-refractivity contribution in [3.8, 4) is 0 Å². The molecular formula is C4H9N2O+. The van der Waals surface area contributed by atoms with Crippen molar-refractivity contribution >= 4 is 6.21 Å². The second-order valence-corrected chi connectivity index (χ2v) is 1.76. The van der Waals surface area contributed by atoms with Crippen LogP contribution in [0.3, 0.4) is 0 Å². The maximum absolute atomic E-state index is 8.60. The standard InChI is InChI=1S/C4H9N2O/c5-4-1-2-6(7)3-4/h3-4,7H,1-2,5H2/q+1. The molecule has 0 saturated carbocycles. The van der Waals surface area contributed by atoms with Crippen molar-refractivity contribution in [2.45, 2.75) is 12.5 Å². The average Bonchev–Trinajstić information content (AvgIpc) is 1.87. The van der Waals surface area contributed by atoms with Crippen molar-refractivity contribution in [3.63, 3.8) is 0 Å². The molecule has 0 aromatic heterocycles. The fraction of sp³-hybridized carbons (Fsp3) is 0.750. The minimum atomic E-state index is 0.0741. The van der Waals surface area contributed by atoms with Crippen LogP contribution in [0.4, 0.5) is 0 Å². The van der Waals surface area contributed by atoms with Gasteiger partial charge in [-0.25, -0.2) is 0 Å². The van der Waals surface area contributed by atoms with Gasteiger partial charge in [0.2, 0.25) is 6.21 Å². The molecule has 7 heavy (non-hydrogen) atoms. The molecule has 0 aromatic carbocycles. The summed E-state index contributed by atoms with van der Waals surface area (Å²) in [6.07, 6.45) is 2.48. The lowest BCUT2D eigenvalue weighted by atomic mass is 10.3. The predicted molar refractivity (Wildman–Crippen MR) is 25.6 cm³/mol. The van der Waals surface area contributed by atoms with E-state index < -0.39 is 0 Å². The molecule has 1 atom stereocenters. The van der Waals surface area contributed by atoms with E-state index >= 15 is 0 Å². The van der Waals surface area contributed by atoms with Gasteiger partial charge in [-0.15, -0.1) is 0 Å². The molecule has 0 radical (unpaired) electrons.